The first-order chi connectivity index (χ1) is 5.05. The molecule has 0 aromatic heterocycles. The van der Waals surface area contributed by atoms with Crippen LogP contribution in [0.2, 0.25) is 6.32 Å². The Hall–Kier alpha value is -0.235. The maximum absolute atomic E-state index is 2.53. The average molecular weight is 151 g/mol. The van der Waals surface area contributed by atoms with Crippen molar-refractivity contribution in [2.75, 3.05) is 6.54 Å². The van der Waals surface area contributed by atoms with Crippen LogP contribution in [0, 0.1) is 0 Å². The van der Waals surface area contributed by atoms with Crippen molar-refractivity contribution in [1.29, 1.82) is 0 Å². The largest absolute Gasteiger partial charge is 0.330 e. The number of rotatable bonds is 1. The molecule has 1 nitrogen and oxygen atoms in total. The Kier molecular flexibility index (Phi) is 2.43. The lowest BCUT2D eigenvalue weighted by molar-refractivity contribution is 0.275. The molecule has 0 saturated carbocycles. The topological polar surface area (TPSA) is 3.24 Å². The highest BCUT2D eigenvalue weighted by Crippen LogP contribution is 2.20. The van der Waals surface area contributed by atoms with Crippen LogP contribution in [0.1, 0.15) is 27.7 Å². The monoisotopic (exact) mass is 151 g/mol. The van der Waals surface area contributed by atoms with Crippen LogP contribution in [-0.4, -0.2) is 23.7 Å². The molecule has 1 heterocycles. The molecule has 0 bridgehead atoms. The Morgan fingerprint density at radius 3 is 2.45 bits per heavy atom. The molecule has 0 fully saturated rings. The van der Waals surface area contributed by atoms with E-state index in [0.29, 0.717) is 12.4 Å². The first kappa shape index (κ1) is 8.86. The molecule has 0 spiro atoms. The summed E-state index contributed by atoms with van der Waals surface area (Å²) in [6, 6.07) is 0. The van der Waals surface area contributed by atoms with Crippen molar-refractivity contribution in [3.8, 4) is 0 Å². The van der Waals surface area contributed by atoms with Gasteiger partial charge in [0, 0.05) is 12.1 Å². The summed E-state index contributed by atoms with van der Waals surface area (Å²) in [4.78, 5) is 2.53. The van der Waals surface area contributed by atoms with Crippen LogP contribution in [0.5, 0.6) is 0 Å². The molecule has 0 N–H and O–H groups in total. The molecule has 11 heavy (non-hydrogen) atoms. The Morgan fingerprint density at radius 1 is 1.45 bits per heavy atom. The summed E-state index contributed by atoms with van der Waals surface area (Å²) in [6.07, 6.45) is 3.51. The summed E-state index contributed by atoms with van der Waals surface area (Å²) in [5, 5.41) is 0. The van der Waals surface area contributed by atoms with Gasteiger partial charge in [0.15, 0.2) is 0 Å². The minimum Gasteiger partial charge on any atom is -0.330 e. The van der Waals surface area contributed by atoms with E-state index in [1.165, 1.54) is 6.32 Å². The van der Waals surface area contributed by atoms with Gasteiger partial charge in [0.05, 0.1) is 0 Å². The van der Waals surface area contributed by atoms with Crippen molar-refractivity contribution in [3.05, 3.63) is 12.1 Å². The zero-order chi connectivity index (χ0) is 8.48. The van der Waals surface area contributed by atoms with E-state index in [1.807, 2.05) is 0 Å². The molecule has 1 aliphatic rings. The van der Waals surface area contributed by atoms with Crippen molar-refractivity contribution >= 4 is 6.85 Å². The van der Waals surface area contributed by atoms with Crippen molar-refractivity contribution in [3.63, 3.8) is 0 Å². The van der Waals surface area contributed by atoms with Gasteiger partial charge in [-0.1, -0.05) is 19.3 Å². The molecule has 0 saturated heterocycles. The molecule has 0 aliphatic carbocycles. The van der Waals surface area contributed by atoms with Crippen LogP contribution in [0.4, 0.5) is 0 Å². The van der Waals surface area contributed by atoms with Gasteiger partial charge in [0.1, 0.15) is 0 Å². The van der Waals surface area contributed by atoms with E-state index in [0.717, 1.165) is 6.54 Å². The van der Waals surface area contributed by atoms with Gasteiger partial charge in [0.2, 0.25) is 6.85 Å². The average Bonchev–Trinajstić information content (AvgIpc) is 2.31. The first-order valence-electron chi connectivity index (χ1n) is 4.49. The van der Waals surface area contributed by atoms with Gasteiger partial charge < -0.3 is 4.81 Å². The maximum atomic E-state index is 2.53. The lowest BCUT2D eigenvalue weighted by Crippen LogP contribution is -2.47. The fourth-order valence-corrected chi connectivity index (χ4v) is 1.70. The second kappa shape index (κ2) is 3.02. The highest BCUT2D eigenvalue weighted by Gasteiger charge is 2.30. The third-order valence-electron chi connectivity index (χ3n) is 2.34. The third kappa shape index (κ3) is 1.87. The molecule has 1 aliphatic heterocycles. The van der Waals surface area contributed by atoms with Crippen LogP contribution in [0.15, 0.2) is 12.1 Å². The number of nitrogens with zero attached hydrogens (tertiary/aromatic N) is 1. The fourth-order valence-electron chi connectivity index (χ4n) is 1.70. The second-order valence-electron chi connectivity index (χ2n) is 4.23. The summed E-state index contributed by atoms with van der Waals surface area (Å²) in [6.45, 7) is 10.9. The molecule has 1 rings (SSSR count). The van der Waals surface area contributed by atoms with Gasteiger partial charge in [-0.05, 0) is 20.8 Å². The van der Waals surface area contributed by atoms with Crippen molar-refractivity contribution in [2.24, 2.45) is 0 Å². The van der Waals surface area contributed by atoms with Gasteiger partial charge in [-0.3, -0.25) is 0 Å². The summed E-state index contributed by atoms with van der Waals surface area (Å²) in [5.41, 5.74) is 0.324. The molecular weight excluding hydrogens is 133 g/mol. The standard InChI is InChI=1S/C9H18BN/c1-5-10-7-6-8-11(10)9(2,3)4/h6-7H,5,8H2,1-4H3. The minimum absolute atomic E-state index is 0.324. The minimum atomic E-state index is 0.324. The lowest BCUT2D eigenvalue weighted by atomic mass is 9.58. The SMILES string of the molecule is CCB1C=CCN1C(C)(C)C. The molecule has 62 valence electrons. The summed E-state index contributed by atoms with van der Waals surface area (Å²) in [5.74, 6) is 2.32. The van der Waals surface area contributed by atoms with Crippen LogP contribution in [0.3, 0.4) is 0 Å². The Labute approximate surface area is 70.6 Å². The van der Waals surface area contributed by atoms with Crippen LogP contribution >= 0.6 is 0 Å². The lowest BCUT2D eigenvalue weighted by Gasteiger charge is -2.35. The zero-order valence-corrected chi connectivity index (χ0v) is 8.09. The van der Waals surface area contributed by atoms with Crippen molar-refractivity contribution in [1.82, 2.24) is 4.81 Å². The van der Waals surface area contributed by atoms with E-state index in [2.05, 4.69) is 44.6 Å². The fraction of sp³-hybridized carbons (Fsp3) is 0.778. The van der Waals surface area contributed by atoms with Gasteiger partial charge in [0.25, 0.3) is 0 Å². The number of hydrogen-bond donors (Lipinski definition) is 0. The molecule has 0 aromatic rings. The molecular formula is C9H18BN. The smallest absolute Gasteiger partial charge is 0.250 e. The first-order valence-corrected chi connectivity index (χ1v) is 4.49. The van der Waals surface area contributed by atoms with Gasteiger partial charge in [-0.25, -0.2) is 0 Å². The van der Waals surface area contributed by atoms with Crippen LogP contribution in [0.25, 0.3) is 0 Å². The van der Waals surface area contributed by atoms with Crippen molar-refractivity contribution < 1.29 is 0 Å². The van der Waals surface area contributed by atoms with E-state index in [1.54, 1.807) is 0 Å². The third-order valence-corrected chi connectivity index (χ3v) is 2.34. The Balaban J connectivity index is 2.61. The summed E-state index contributed by atoms with van der Waals surface area (Å²) in [7, 11) is 0. The van der Waals surface area contributed by atoms with Gasteiger partial charge >= 0.3 is 0 Å². The molecule has 0 atom stereocenters. The molecule has 2 heteroatoms. The van der Waals surface area contributed by atoms with Gasteiger partial charge in [-0.2, -0.15) is 0 Å². The molecule has 0 aromatic carbocycles. The van der Waals surface area contributed by atoms with E-state index in [-0.39, 0.29) is 0 Å². The quantitative estimate of drug-likeness (QED) is 0.519. The van der Waals surface area contributed by atoms with Gasteiger partial charge in [-0.15, -0.1) is 5.98 Å². The molecule has 0 radical (unpaired) electrons. The normalized spacial score (nSPS) is 19.8. The predicted octanol–water partition coefficient (Wildman–Crippen LogP) is 2.21. The highest BCUT2D eigenvalue weighted by atomic mass is 15.1. The highest BCUT2D eigenvalue weighted by molar-refractivity contribution is 6.62. The Morgan fingerprint density at radius 2 is 2.09 bits per heavy atom. The van der Waals surface area contributed by atoms with Crippen molar-refractivity contribution in [2.45, 2.75) is 39.6 Å². The summed E-state index contributed by atoms with van der Waals surface area (Å²) < 4.78 is 0. The van der Waals surface area contributed by atoms with Crippen LogP contribution < -0.4 is 0 Å². The maximum Gasteiger partial charge on any atom is 0.250 e. The number of hydrogen-bond acceptors (Lipinski definition) is 1. The predicted molar refractivity (Wildman–Crippen MR) is 51.8 cm³/mol. The van der Waals surface area contributed by atoms with E-state index in [4.69, 9.17) is 0 Å². The van der Waals surface area contributed by atoms with E-state index < -0.39 is 0 Å². The van der Waals surface area contributed by atoms with Crippen LogP contribution in [-0.2, 0) is 0 Å². The molecule has 0 unspecified atom stereocenters. The second-order valence-corrected chi connectivity index (χ2v) is 4.23. The summed E-state index contributed by atoms with van der Waals surface area (Å²) >= 11 is 0. The van der Waals surface area contributed by atoms with E-state index >= 15 is 0 Å². The van der Waals surface area contributed by atoms with E-state index in [9.17, 15) is 0 Å². The zero-order valence-electron chi connectivity index (χ0n) is 8.09. The molecule has 0 amide bonds. The Bertz CT molecular complexity index is 157.